The molecular weight excluding hydrogens is 206 g/mol. The van der Waals surface area contributed by atoms with Crippen LogP contribution in [0.5, 0.6) is 0 Å². The molecular formula is C11H11N3O2. The van der Waals surface area contributed by atoms with E-state index in [-0.39, 0.29) is 5.78 Å². The minimum atomic E-state index is 0.0214. The number of nitrogens with zero attached hydrogens (tertiary/aromatic N) is 2. The Labute approximate surface area is 92.8 Å². The van der Waals surface area contributed by atoms with Gasteiger partial charge in [-0.2, -0.15) is 0 Å². The fourth-order valence-corrected chi connectivity index (χ4v) is 1.47. The SMILES string of the molecule is CC(=O)C1=CN1c1cc(NC=O)cnc1C. The average Bonchev–Trinajstić information content (AvgIpc) is 3.01. The third-order valence-electron chi connectivity index (χ3n) is 2.35. The van der Waals surface area contributed by atoms with Crippen molar-refractivity contribution >= 4 is 23.6 Å². The predicted molar refractivity (Wildman–Crippen MR) is 59.9 cm³/mol. The van der Waals surface area contributed by atoms with Crippen LogP contribution in [0.25, 0.3) is 0 Å². The van der Waals surface area contributed by atoms with Crippen LogP contribution in [-0.2, 0) is 9.59 Å². The highest BCUT2D eigenvalue weighted by atomic mass is 16.1. The van der Waals surface area contributed by atoms with Gasteiger partial charge in [0.2, 0.25) is 6.41 Å². The van der Waals surface area contributed by atoms with Gasteiger partial charge in [-0.25, -0.2) is 0 Å². The van der Waals surface area contributed by atoms with Gasteiger partial charge in [0.15, 0.2) is 5.78 Å². The van der Waals surface area contributed by atoms with Crippen molar-refractivity contribution in [3.8, 4) is 0 Å². The number of nitrogens with one attached hydrogen (secondary N) is 1. The summed E-state index contributed by atoms with van der Waals surface area (Å²) in [6.45, 7) is 3.37. The van der Waals surface area contributed by atoms with Gasteiger partial charge in [0.05, 0.1) is 23.3 Å². The fourth-order valence-electron chi connectivity index (χ4n) is 1.47. The molecule has 0 aromatic carbocycles. The summed E-state index contributed by atoms with van der Waals surface area (Å²) >= 11 is 0. The van der Waals surface area contributed by atoms with E-state index >= 15 is 0 Å². The molecule has 0 saturated heterocycles. The van der Waals surface area contributed by atoms with Crippen molar-refractivity contribution in [2.75, 3.05) is 10.2 Å². The van der Waals surface area contributed by atoms with Crippen LogP contribution >= 0.6 is 0 Å². The van der Waals surface area contributed by atoms with Crippen molar-refractivity contribution in [3.63, 3.8) is 0 Å². The number of carbonyl (C=O) groups excluding carboxylic acids is 2. The number of allylic oxidation sites excluding steroid dienone is 1. The summed E-state index contributed by atoms with van der Waals surface area (Å²) in [6.07, 6.45) is 3.92. The predicted octanol–water partition coefficient (Wildman–Crippen LogP) is 1.21. The van der Waals surface area contributed by atoms with Gasteiger partial charge in [0, 0.05) is 13.1 Å². The number of rotatable bonds is 4. The number of hydrogen-bond acceptors (Lipinski definition) is 4. The van der Waals surface area contributed by atoms with Crippen molar-refractivity contribution in [2.45, 2.75) is 13.8 Å². The van der Waals surface area contributed by atoms with E-state index in [2.05, 4.69) is 10.3 Å². The number of aromatic nitrogens is 1. The third-order valence-corrected chi connectivity index (χ3v) is 2.35. The summed E-state index contributed by atoms with van der Waals surface area (Å²) in [4.78, 5) is 27.3. The highest BCUT2D eigenvalue weighted by Crippen LogP contribution is 2.33. The summed E-state index contributed by atoms with van der Waals surface area (Å²) < 4.78 is 0. The number of Topliss-reactive ketones (excluding diaryl/α,β-unsaturated/α-hetero) is 1. The normalized spacial score (nSPS) is 13.1. The molecule has 1 aromatic rings. The molecule has 0 bridgehead atoms. The highest BCUT2D eigenvalue weighted by Gasteiger charge is 2.28. The fraction of sp³-hybridized carbons (Fsp3) is 0.182. The van der Waals surface area contributed by atoms with Gasteiger partial charge in [-0.05, 0) is 13.0 Å². The Bertz CT molecular complexity index is 494. The molecule has 2 rings (SSSR count). The minimum Gasteiger partial charge on any atom is -0.327 e. The molecule has 82 valence electrons. The van der Waals surface area contributed by atoms with Gasteiger partial charge >= 0.3 is 0 Å². The quantitative estimate of drug-likeness (QED) is 0.770. The first-order valence-electron chi connectivity index (χ1n) is 4.82. The van der Waals surface area contributed by atoms with E-state index in [1.807, 2.05) is 6.92 Å². The van der Waals surface area contributed by atoms with Crippen LogP contribution in [0.1, 0.15) is 12.6 Å². The number of carbonyl (C=O) groups is 2. The summed E-state index contributed by atoms with van der Waals surface area (Å²) in [7, 11) is 0. The summed E-state index contributed by atoms with van der Waals surface area (Å²) in [6, 6.07) is 1.78. The molecule has 0 spiro atoms. The lowest BCUT2D eigenvalue weighted by Crippen LogP contribution is -2.05. The second kappa shape index (κ2) is 3.77. The molecule has 1 amide bonds. The van der Waals surface area contributed by atoms with Crippen molar-refractivity contribution in [1.29, 1.82) is 0 Å². The average molecular weight is 217 g/mol. The second-order valence-electron chi connectivity index (χ2n) is 3.53. The molecule has 1 aliphatic rings. The van der Waals surface area contributed by atoms with Crippen molar-refractivity contribution in [3.05, 3.63) is 29.9 Å². The van der Waals surface area contributed by atoms with Crippen LogP contribution in [-0.4, -0.2) is 17.2 Å². The zero-order valence-electron chi connectivity index (χ0n) is 9.02. The summed E-state index contributed by atoms with van der Waals surface area (Å²) in [5.74, 6) is 0.0214. The van der Waals surface area contributed by atoms with E-state index in [0.717, 1.165) is 11.4 Å². The van der Waals surface area contributed by atoms with Gasteiger partial charge < -0.3 is 10.2 Å². The lowest BCUT2D eigenvalue weighted by Gasteiger charge is -2.09. The second-order valence-corrected chi connectivity index (χ2v) is 3.53. The Balaban J connectivity index is 2.24. The van der Waals surface area contributed by atoms with E-state index in [1.165, 1.54) is 6.92 Å². The Hall–Kier alpha value is -2.17. The van der Waals surface area contributed by atoms with Crippen LogP contribution in [0.4, 0.5) is 11.4 Å². The van der Waals surface area contributed by atoms with Crippen LogP contribution < -0.4 is 10.2 Å². The molecule has 16 heavy (non-hydrogen) atoms. The maximum atomic E-state index is 11.1. The topological polar surface area (TPSA) is 62.1 Å². The van der Waals surface area contributed by atoms with E-state index < -0.39 is 0 Å². The van der Waals surface area contributed by atoms with Crippen LogP contribution in [0.3, 0.4) is 0 Å². The lowest BCUT2D eigenvalue weighted by molar-refractivity contribution is -0.113. The Morgan fingerprint density at radius 3 is 2.88 bits per heavy atom. The van der Waals surface area contributed by atoms with Crippen LogP contribution in [0.2, 0.25) is 0 Å². The largest absolute Gasteiger partial charge is 0.327 e. The first-order valence-corrected chi connectivity index (χ1v) is 4.82. The first kappa shape index (κ1) is 10.4. The van der Waals surface area contributed by atoms with E-state index in [9.17, 15) is 9.59 Å². The Kier molecular flexibility index (Phi) is 2.44. The Morgan fingerprint density at radius 1 is 1.56 bits per heavy atom. The number of hydrogen-bond donors (Lipinski definition) is 1. The van der Waals surface area contributed by atoms with Gasteiger partial charge in [-0.15, -0.1) is 0 Å². The standard InChI is InChI=1S/C11H11N3O2/c1-7-10(14-5-11(14)8(2)16)3-9(4-12-7)13-6-15/h3-6H,1-2H3,(H,13,15). The van der Waals surface area contributed by atoms with Gasteiger partial charge in [0.25, 0.3) is 0 Å². The number of aryl methyl sites for hydroxylation is 1. The van der Waals surface area contributed by atoms with Gasteiger partial charge in [-0.3, -0.25) is 14.6 Å². The summed E-state index contributed by atoms with van der Waals surface area (Å²) in [5, 5.41) is 2.52. The maximum Gasteiger partial charge on any atom is 0.211 e. The zero-order chi connectivity index (χ0) is 11.7. The van der Waals surface area contributed by atoms with E-state index in [0.29, 0.717) is 17.8 Å². The molecule has 0 radical (unpaired) electrons. The first-order chi connectivity index (χ1) is 7.63. The molecule has 5 heteroatoms. The van der Waals surface area contributed by atoms with Crippen molar-refractivity contribution in [1.82, 2.24) is 4.98 Å². The zero-order valence-corrected chi connectivity index (χ0v) is 9.02. The molecule has 0 aliphatic carbocycles. The van der Waals surface area contributed by atoms with Crippen molar-refractivity contribution < 1.29 is 9.59 Å². The maximum absolute atomic E-state index is 11.1. The molecule has 0 unspecified atom stereocenters. The molecule has 1 N–H and O–H groups in total. The third kappa shape index (κ3) is 1.79. The molecule has 0 fully saturated rings. The van der Waals surface area contributed by atoms with Crippen LogP contribution in [0, 0.1) is 6.92 Å². The monoisotopic (exact) mass is 217 g/mol. The summed E-state index contributed by atoms with van der Waals surface area (Å²) in [5.41, 5.74) is 2.90. The minimum absolute atomic E-state index is 0.0214. The molecule has 1 aliphatic heterocycles. The molecule has 0 saturated carbocycles. The molecule has 0 atom stereocenters. The van der Waals surface area contributed by atoms with E-state index in [4.69, 9.17) is 0 Å². The van der Waals surface area contributed by atoms with E-state index in [1.54, 1.807) is 23.4 Å². The molecule has 5 nitrogen and oxygen atoms in total. The highest BCUT2D eigenvalue weighted by molar-refractivity contribution is 6.04. The number of pyridine rings is 1. The lowest BCUT2D eigenvalue weighted by atomic mass is 10.3. The molecule has 1 aromatic heterocycles. The molecule has 2 heterocycles. The number of amides is 1. The van der Waals surface area contributed by atoms with Crippen LogP contribution in [0.15, 0.2) is 24.2 Å². The van der Waals surface area contributed by atoms with Crippen molar-refractivity contribution in [2.24, 2.45) is 0 Å². The number of anilines is 2. The Morgan fingerprint density at radius 2 is 2.31 bits per heavy atom. The van der Waals surface area contributed by atoms with Gasteiger partial charge in [0.1, 0.15) is 5.70 Å². The smallest absolute Gasteiger partial charge is 0.211 e. The number of ketones is 1. The van der Waals surface area contributed by atoms with Gasteiger partial charge in [-0.1, -0.05) is 0 Å².